The minimum absolute atomic E-state index is 0.967. The Bertz CT molecular complexity index is 3130. The lowest BCUT2D eigenvalue weighted by Gasteiger charge is -2.18. The molecule has 0 nitrogen and oxygen atoms in total. The molecular weight excluding hydrogens is 793 g/mol. The van der Waals surface area contributed by atoms with E-state index in [1.54, 1.807) is 0 Å². The van der Waals surface area contributed by atoms with Crippen LogP contribution in [0.1, 0.15) is 33.4 Å². The molecule has 0 spiro atoms. The Morgan fingerprint density at radius 2 is 0.364 bits per heavy atom. The van der Waals surface area contributed by atoms with E-state index >= 15 is 0 Å². The molecule has 66 heavy (non-hydrogen) atoms. The Labute approximate surface area is 388 Å². The quantitative estimate of drug-likeness (QED) is 0.146. The number of rotatable bonds is 6. The first-order valence-corrected chi connectivity index (χ1v) is 22.2. The number of hydrogen-bond donors (Lipinski definition) is 0. The summed E-state index contributed by atoms with van der Waals surface area (Å²) in [5, 5.41) is 0. The van der Waals surface area contributed by atoms with Crippen molar-refractivity contribution in [2.24, 2.45) is 0 Å². The molecule has 0 aromatic heterocycles. The van der Waals surface area contributed by atoms with Gasteiger partial charge < -0.3 is 0 Å². The summed E-state index contributed by atoms with van der Waals surface area (Å²) in [6.45, 7) is 0. The van der Waals surface area contributed by atoms with Gasteiger partial charge in [0.1, 0.15) is 0 Å². The lowest BCUT2D eigenvalue weighted by molar-refractivity contribution is 1.53. The van der Waals surface area contributed by atoms with Gasteiger partial charge >= 0.3 is 0 Å². The molecule has 0 fully saturated rings. The Hall–Kier alpha value is -9.12. The van der Waals surface area contributed by atoms with Crippen LogP contribution in [0.3, 0.4) is 0 Å². The van der Waals surface area contributed by atoms with Crippen LogP contribution >= 0.6 is 0 Å². The van der Waals surface area contributed by atoms with Gasteiger partial charge in [0.2, 0.25) is 0 Å². The first kappa shape index (κ1) is 40.9. The lowest BCUT2D eigenvalue weighted by Crippen LogP contribution is -1.92. The van der Waals surface area contributed by atoms with Crippen molar-refractivity contribution in [3.63, 3.8) is 0 Å². The summed E-state index contributed by atoms with van der Waals surface area (Å²) in [6.07, 6.45) is 0. The van der Waals surface area contributed by atoms with Gasteiger partial charge in [0.15, 0.2) is 0 Å². The van der Waals surface area contributed by atoms with E-state index in [1.807, 2.05) is 91.0 Å². The highest BCUT2D eigenvalue weighted by Gasteiger charge is 2.16. The van der Waals surface area contributed by atoms with E-state index in [2.05, 4.69) is 199 Å². The molecule has 0 heterocycles. The zero-order valence-electron chi connectivity index (χ0n) is 36.2. The Balaban J connectivity index is 1.12. The molecule has 10 aromatic carbocycles. The van der Waals surface area contributed by atoms with E-state index in [1.165, 1.54) is 0 Å². The second kappa shape index (κ2) is 19.5. The monoisotopic (exact) mass is 834 g/mol. The fourth-order valence-corrected chi connectivity index (χ4v) is 8.34. The molecule has 0 N–H and O–H groups in total. The van der Waals surface area contributed by atoms with Crippen molar-refractivity contribution in [2.75, 3.05) is 0 Å². The molecule has 0 bridgehead atoms. The topological polar surface area (TPSA) is 0 Å². The predicted octanol–water partition coefficient (Wildman–Crippen LogP) is 15.9. The van der Waals surface area contributed by atoms with Gasteiger partial charge in [0, 0.05) is 33.4 Å². The summed E-state index contributed by atoms with van der Waals surface area (Å²) in [6, 6.07) is 89.3. The molecule has 0 aliphatic heterocycles. The zero-order chi connectivity index (χ0) is 44.3. The van der Waals surface area contributed by atoms with Crippen molar-refractivity contribution in [3.8, 4) is 102 Å². The summed E-state index contributed by atoms with van der Waals surface area (Å²) in [5.74, 6) is 20.3. The third-order valence-corrected chi connectivity index (χ3v) is 11.5. The van der Waals surface area contributed by atoms with Gasteiger partial charge in [-0.1, -0.05) is 199 Å². The second-order valence-corrected chi connectivity index (χ2v) is 16.0. The van der Waals surface area contributed by atoms with Gasteiger partial charge in [0.25, 0.3) is 0 Å². The van der Waals surface area contributed by atoms with E-state index < -0.39 is 0 Å². The van der Waals surface area contributed by atoms with E-state index in [0.717, 1.165) is 100 Å². The first-order chi connectivity index (χ1) is 32.7. The van der Waals surface area contributed by atoms with Gasteiger partial charge in [-0.3, -0.25) is 0 Å². The van der Waals surface area contributed by atoms with Crippen molar-refractivity contribution in [3.05, 3.63) is 288 Å². The molecule has 0 atom stereocenters. The van der Waals surface area contributed by atoms with Crippen LogP contribution in [0.15, 0.2) is 255 Å². The summed E-state index contributed by atoms with van der Waals surface area (Å²) >= 11 is 0. The molecule has 0 saturated carbocycles. The Morgan fingerprint density at radius 3 is 0.636 bits per heavy atom. The average Bonchev–Trinajstić information content (AvgIpc) is 3.40. The highest BCUT2D eigenvalue weighted by molar-refractivity contribution is 5.94. The van der Waals surface area contributed by atoms with Crippen LogP contribution in [0.25, 0.3) is 66.8 Å². The lowest BCUT2D eigenvalue weighted by atomic mass is 9.86. The number of hydrogen-bond acceptors (Lipinski definition) is 0. The maximum atomic E-state index is 3.41. The average molecular weight is 835 g/mol. The maximum absolute atomic E-state index is 3.41. The van der Waals surface area contributed by atoms with E-state index in [4.69, 9.17) is 0 Å². The normalized spacial score (nSPS) is 10.4. The zero-order valence-corrected chi connectivity index (χ0v) is 36.2. The molecule has 0 aliphatic rings. The standard InChI is InChI=1S/C66H42/c1-4-19-49(20-5-1)37-40-52-25-16-28-55(43-52)61-31-10-13-34-64(61)58-46-59(65-35-14-11-32-62(65)56-29-17-26-53(44-56)41-38-50-21-6-2-7-22-50)48-60(47-58)66-36-15-12-33-63(66)57-30-18-27-54(45-57)42-39-51-23-8-3-9-24-51/h1-36,43-48H. The van der Waals surface area contributed by atoms with Gasteiger partial charge in [-0.25, -0.2) is 0 Å². The summed E-state index contributed by atoms with van der Waals surface area (Å²) in [7, 11) is 0. The van der Waals surface area contributed by atoms with E-state index in [0.29, 0.717) is 0 Å². The molecule has 0 unspecified atom stereocenters. The summed E-state index contributed by atoms with van der Waals surface area (Å²) in [5.41, 5.74) is 19.4. The molecule has 0 radical (unpaired) electrons. The van der Waals surface area contributed by atoms with E-state index in [9.17, 15) is 0 Å². The largest absolute Gasteiger partial charge is 0.0622 e. The Morgan fingerprint density at radius 1 is 0.152 bits per heavy atom. The van der Waals surface area contributed by atoms with Crippen molar-refractivity contribution < 1.29 is 0 Å². The minimum Gasteiger partial charge on any atom is -0.0622 e. The third kappa shape index (κ3) is 9.59. The Kier molecular flexibility index (Phi) is 12.1. The van der Waals surface area contributed by atoms with Crippen LogP contribution in [0, 0.1) is 35.5 Å². The highest BCUT2D eigenvalue weighted by atomic mass is 14.2. The molecular formula is C66H42. The fourth-order valence-electron chi connectivity index (χ4n) is 8.34. The molecule has 10 rings (SSSR count). The van der Waals surface area contributed by atoms with Crippen molar-refractivity contribution >= 4 is 0 Å². The summed E-state index contributed by atoms with van der Waals surface area (Å²) in [4.78, 5) is 0. The highest BCUT2D eigenvalue weighted by Crippen LogP contribution is 2.42. The van der Waals surface area contributed by atoms with Gasteiger partial charge in [-0.2, -0.15) is 0 Å². The SMILES string of the molecule is C(#Cc1cccc(-c2ccccc2-c2cc(-c3ccccc3-c3cccc(C#Cc4ccccc4)c3)cc(-c3ccccc3-c3cccc(C#Cc4ccccc4)c3)c2)c1)c1ccccc1. The minimum atomic E-state index is 0.967. The van der Waals surface area contributed by atoms with Crippen molar-refractivity contribution in [2.45, 2.75) is 0 Å². The van der Waals surface area contributed by atoms with Crippen LogP contribution in [-0.4, -0.2) is 0 Å². The molecule has 0 aliphatic carbocycles. The van der Waals surface area contributed by atoms with Crippen LogP contribution in [-0.2, 0) is 0 Å². The van der Waals surface area contributed by atoms with Crippen molar-refractivity contribution in [1.82, 2.24) is 0 Å². The number of benzene rings is 10. The fraction of sp³-hybridized carbons (Fsp3) is 0. The molecule has 0 saturated heterocycles. The smallest absolute Gasteiger partial charge is 0.0255 e. The van der Waals surface area contributed by atoms with Gasteiger partial charge in [-0.15, -0.1) is 0 Å². The summed E-state index contributed by atoms with van der Waals surface area (Å²) < 4.78 is 0. The predicted molar refractivity (Wildman–Crippen MR) is 276 cm³/mol. The first-order valence-electron chi connectivity index (χ1n) is 22.2. The van der Waals surface area contributed by atoms with Crippen LogP contribution in [0.2, 0.25) is 0 Å². The van der Waals surface area contributed by atoms with Crippen LogP contribution in [0.4, 0.5) is 0 Å². The van der Waals surface area contributed by atoms with E-state index in [-0.39, 0.29) is 0 Å². The second-order valence-electron chi connectivity index (χ2n) is 16.0. The van der Waals surface area contributed by atoms with Gasteiger partial charge in [-0.05, 0) is 158 Å². The maximum Gasteiger partial charge on any atom is 0.0255 e. The van der Waals surface area contributed by atoms with Crippen molar-refractivity contribution in [1.29, 1.82) is 0 Å². The molecule has 10 aromatic rings. The van der Waals surface area contributed by atoms with Gasteiger partial charge in [0.05, 0.1) is 0 Å². The third-order valence-electron chi connectivity index (χ3n) is 11.5. The molecule has 0 amide bonds. The molecule has 306 valence electrons. The molecule has 0 heteroatoms. The van der Waals surface area contributed by atoms with Crippen LogP contribution < -0.4 is 0 Å². The van der Waals surface area contributed by atoms with Crippen LogP contribution in [0.5, 0.6) is 0 Å².